The molecule has 1 heteroatoms. The van der Waals surface area contributed by atoms with Crippen LogP contribution >= 0.6 is 0 Å². The van der Waals surface area contributed by atoms with E-state index < -0.39 is 0 Å². The van der Waals surface area contributed by atoms with E-state index in [1.807, 2.05) is 0 Å². The summed E-state index contributed by atoms with van der Waals surface area (Å²) < 4.78 is 0. The van der Waals surface area contributed by atoms with E-state index in [4.69, 9.17) is 0 Å². The quantitative estimate of drug-likeness (QED) is 0.668. The van der Waals surface area contributed by atoms with Gasteiger partial charge in [-0.15, -0.1) is 0 Å². The second-order valence-electron chi connectivity index (χ2n) is 6.10. The molecule has 4 atom stereocenters. The van der Waals surface area contributed by atoms with Crippen molar-refractivity contribution in [1.29, 1.82) is 0 Å². The molecule has 0 aromatic rings. The fourth-order valence-electron chi connectivity index (χ4n) is 3.67. The Morgan fingerprint density at radius 1 is 1.44 bits per heavy atom. The molecule has 1 nitrogen and oxygen atoms in total. The molecule has 2 saturated carbocycles. The van der Waals surface area contributed by atoms with Crippen molar-refractivity contribution in [3.8, 4) is 0 Å². The third-order valence-electron chi connectivity index (χ3n) is 4.99. The number of fused-ring (bicyclic) bond motifs is 1. The zero-order valence-electron chi connectivity index (χ0n) is 10.6. The lowest BCUT2D eigenvalue weighted by atomic mass is 9.55. The number of hydrogen-bond donors (Lipinski definition) is 1. The molecule has 0 radical (unpaired) electrons. The van der Waals surface area contributed by atoms with Crippen LogP contribution in [0, 0.1) is 17.3 Å². The molecule has 1 N–H and O–H groups in total. The van der Waals surface area contributed by atoms with Crippen LogP contribution in [0.25, 0.3) is 0 Å². The van der Waals surface area contributed by atoms with Crippen molar-refractivity contribution in [2.75, 3.05) is 0 Å². The van der Waals surface area contributed by atoms with E-state index in [1.54, 1.807) is 0 Å². The first-order valence-corrected chi connectivity index (χ1v) is 6.46. The maximum absolute atomic E-state index is 10.4. The molecule has 0 aliphatic heterocycles. The van der Waals surface area contributed by atoms with Gasteiger partial charge in [0.25, 0.3) is 0 Å². The van der Waals surface area contributed by atoms with Gasteiger partial charge in [-0.1, -0.05) is 31.2 Å². The van der Waals surface area contributed by atoms with Crippen LogP contribution in [0.4, 0.5) is 0 Å². The van der Waals surface area contributed by atoms with E-state index in [-0.39, 0.29) is 11.5 Å². The van der Waals surface area contributed by atoms with Gasteiger partial charge >= 0.3 is 0 Å². The van der Waals surface area contributed by atoms with Gasteiger partial charge in [-0.2, -0.15) is 0 Å². The van der Waals surface area contributed by atoms with E-state index in [0.29, 0.717) is 11.8 Å². The second-order valence-corrected chi connectivity index (χ2v) is 6.10. The van der Waals surface area contributed by atoms with Crippen LogP contribution in [0.2, 0.25) is 0 Å². The zero-order valence-corrected chi connectivity index (χ0v) is 10.6. The Balaban J connectivity index is 2.25. The monoisotopic (exact) mass is 220 g/mol. The Bertz CT molecular complexity index is 317. The third kappa shape index (κ3) is 1.75. The van der Waals surface area contributed by atoms with Crippen LogP contribution in [0.5, 0.6) is 0 Å². The lowest BCUT2D eigenvalue weighted by Crippen LogP contribution is -2.48. The van der Waals surface area contributed by atoms with Crippen molar-refractivity contribution in [2.24, 2.45) is 17.3 Å². The van der Waals surface area contributed by atoms with Gasteiger partial charge in [0.15, 0.2) is 0 Å². The van der Waals surface area contributed by atoms with Crippen molar-refractivity contribution in [3.05, 3.63) is 24.3 Å². The van der Waals surface area contributed by atoms with E-state index in [1.165, 1.54) is 17.6 Å². The molecule has 2 fully saturated rings. The van der Waals surface area contributed by atoms with E-state index in [0.717, 1.165) is 25.7 Å². The predicted octanol–water partition coefficient (Wildman–Crippen LogP) is 3.70. The SMILES string of the molecule is C=C1CCC[C@]2(C)C1C[C@@H](C(=C)C)C[C@@H]2O. The molecule has 0 aromatic heterocycles. The molecule has 1 unspecified atom stereocenters. The van der Waals surface area contributed by atoms with Crippen molar-refractivity contribution in [2.45, 2.75) is 52.1 Å². The van der Waals surface area contributed by atoms with Gasteiger partial charge in [0.1, 0.15) is 0 Å². The summed E-state index contributed by atoms with van der Waals surface area (Å²) in [6, 6.07) is 0. The van der Waals surface area contributed by atoms with Crippen molar-refractivity contribution in [3.63, 3.8) is 0 Å². The van der Waals surface area contributed by atoms with Gasteiger partial charge in [-0.3, -0.25) is 0 Å². The largest absolute Gasteiger partial charge is 0.393 e. The summed E-state index contributed by atoms with van der Waals surface area (Å²) >= 11 is 0. The topological polar surface area (TPSA) is 20.2 Å². The highest BCUT2D eigenvalue weighted by Crippen LogP contribution is 2.54. The Labute approximate surface area is 99.3 Å². The first kappa shape index (κ1) is 11.9. The van der Waals surface area contributed by atoms with Gasteiger partial charge < -0.3 is 5.11 Å². The number of aliphatic hydroxyl groups is 1. The maximum atomic E-state index is 10.4. The van der Waals surface area contributed by atoms with Crippen LogP contribution in [0.15, 0.2) is 24.3 Å². The van der Waals surface area contributed by atoms with Crippen LogP contribution in [0.3, 0.4) is 0 Å². The van der Waals surface area contributed by atoms with Gasteiger partial charge in [0.2, 0.25) is 0 Å². The molecular formula is C15H24O. The minimum Gasteiger partial charge on any atom is -0.393 e. The molecule has 0 saturated heterocycles. The highest BCUT2D eigenvalue weighted by Gasteiger charge is 2.48. The first-order chi connectivity index (χ1) is 7.45. The van der Waals surface area contributed by atoms with Gasteiger partial charge in [-0.05, 0) is 50.9 Å². The van der Waals surface area contributed by atoms with Crippen LogP contribution < -0.4 is 0 Å². The highest BCUT2D eigenvalue weighted by atomic mass is 16.3. The lowest BCUT2D eigenvalue weighted by Gasteiger charge is -2.51. The predicted molar refractivity (Wildman–Crippen MR) is 68.1 cm³/mol. The number of rotatable bonds is 1. The normalized spacial score (nSPS) is 43.9. The summed E-state index contributed by atoms with van der Waals surface area (Å²) in [6.45, 7) is 12.6. The van der Waals surface area contributed by atoms with Gasteiger partial charge in [0.05, 0.1) is 6.10 Å². The minimum atomic E-state index is -0.176. The fraction of sp³-hybridized carbons (Fsp3) is 0.733. The second kappa shape index (κ2) is 4.03. The molecule has 0 bridgehead atoms. The first-order valence-electron chi connectivity index (χ1n) is 6.46. The third-order valence-corrected chi connectivity index (χ3v) is 4.99. The molecule has 16 heavy (non-hydrogen) atoms. The summed E-state index contributed by atoms with van der Waals surface area (Å²) in [5.41, 5.74) is 2.67. The number of allylic oxidation sites excluding steroid dienone is 2. The Kier molecular flexibility index (Phi) is 3.00. The molecule has 0 spiro atoms. The molecule has 0 aromatic carbocycles. The average Bonchev–Trinajstić information content (AvgIpc) is 2.20. The van der Waals surface area contributed by atoms with Crippen LogP contribution in [-0.2, 0) is 0 Å². The van der Waals surface area contributed by atoms with E-state index >= 15 is 0 Å². The van der Waals surface area contributed by atoms with Crippen molar-refractivity contribution < 1.29 is 5.11 Å². The molecule has 0 heterocycles. The summed E-state index contributed by atoms with van der Waals surface area (Å²) in [4.78, 5) is 0. The Morgan fingerprint density at radius 3 is 2.75 bits per heavy atom. The summed E-state index contributed by atoms with van der Waals surface area (Å²) in [5, 5.41) is 10.4. The summed E-state index contributed by atoms with van der Waals surface area (Å²) in [7, 11) is 0. The smallest absolute Gasteiger partial charge is 0.0605 e. The maximum Gasteiger partial charge on any atom is 0.0605 e. The molecular weight excluding hydrogens is 196 g/mol. The average molecular weight is 220 g/mol. The van der Waals surface area contributed by atoms with E-state index in [9.17, 15) is 5.11 Å². The van der Waals surface area contributed by atoms with Crippen LogP contribution in [-0.4, -0.2) is 11.2 Å². The molecule has 2 aliphatic rings. The van der Waals surface area contributed by atoms with E-state index in [2.05, 4.69) is 27.0 Å². The van der Waals surface area contributed by atoms with Crippen LogP contribution in [0.1, 0.15) is 46.0 Å². The Hall–Kier alpha value is -0.560. The summed E-state index contributed by atoms with van der Waals surface area (Å²) in [5.74, 6) is 0.995. The number of hydrogen-bond acceptors (Lipinski definition) is 1. The Morgan fingerprint density at radius 2 is 2.12 bits per heavy atom. The standard InChI is InChI=1S/C15H24O/c1-10(2)12-8-13-11(3)6-5-7-15(13,4)14(16)9-12/h12-14,16H,1,3,5-9H2,2,4H3/t12-,13?,14+,15-/m1/s1. The molecule has 2 rings (SSSR count). The summed E-state index contributed by atoms with van der Waals surface area (Å²) in [6.07, 6.45) is 5.37. The van der Waals surface area contributed by atoms with Gasteiger partial charge in [-0.25, -0.2) is 0 Å². The van der Waals surface area contributed by atoms with Gasteiger partial charge in [0, 0.05) is 5.41 Å². The lowest BCUT2D eigenvalue weighted by molar-refractivity contribution is -0.0600. The molecule has 2 aliphatic carbocycles. The van der Waals surface area contributed by atoms with Crippen molar-refractivity contribution in [1.82, 2.24) is 0 Å². The molecule has 90 valence electrons. The fourth-order valence-corrected chi connectivity index (χ4v) is 3.67. The highest BCUT2D eigenvalue weighted by molar-refractivity contribution is 5.17. The molecule has 0 amide bonds. The zero-order chi connectivity index (χ0) is 11.9. The number of aliphatic hydroxyl groups excluding tert-OH is 1. The minimum absolute atomic E-state index is 0.0846. The van der Waals surface area contributed by atoms with Crippen molar-refractivity contribution >= 4 is 0 Å².